The first kappa shape index (κ1) is 26.4. The van der Waals surface area contributed by atoms with Crippen molar-refractivity contribution in [3.63, 3.8) is 0 Å². The number of aryl methyl sites for hydroxylation is 1. The third-order valence-corrected chi connectivity index (χ3v) is 7.17. The largest absolute Gasteiger partial charge is 0.369 e. The maximum atomic E-state index is 12.1. The molecular weight excluding hydrogens is 450 g/mol. The summed E-state index contributed by atoms with van der Waals surface area (Å²) in [6.45, 7) is 4.46. The van der Waals surface area contributed by atoms with Gasteiger partial charge in [-0.1, -0.05) is 118 Å². The molecule has 0 saturated heterocycles. The molecule has 1 amide bonds. The van der Waals surface area contributed by atoms with Gasteiger partial charge in [-0.2, -0.15) is 0 Å². The van der Waals surface area contributed by atoms with Gasteiger partial charge in [0.25, 0.3) is 0 Å². The van der Waals surface area contributed by atoms with Crippen LogP contribution in [0.3, 0.4) is 0 Å². The van der Waals surface area contributed by atoms with E-state index in [9.17, 15) is 4.79 Å². The minimum atomic E-state index is -0.258. The highest BCUT2D eigenvalue weighted by Crippen LogP contribution is 2.35. The monoisotopic (exact) mass is 489 g/mol. The van der Waals surface area contributed by atoms with E-state index in [1.807, 2.05) is 0 Å². The van der Waals surface area contributed by atoms with Gasteiger partial charge < -0.3 is 5.73 Å². The van der Waals surface area contributed by atoms with E-state index >= 15 is 0 Å². The summed E-state index contributed by atoms with van der Waals surface area (Å²) in [5.41, 5.74) is 17.1. The predicted molar refractivity (Wildman–Crippen MR) is 157 cm³/mol. The number of amides is 1. The van der Waals surface area contributed by atoms with Crippen molar-refractivity contribution < 1.29 is 4.79 Å². The number of hydrogen-bond acceptors (Lipinski definition) is 1. The number of unbranched alkanes of at least 4 members (excludes halogenated alkanes) is 2. The Hall–Kier alpha value is -3.65. The Labute approximate surface area is 222 Å². The van der Waals surface area contributed by atoms with Gasteiger partial charge >= 0.3 is 0 Å². The molecule has 190 valence electrons. The first-order valence-electron chi connectivity index (χ1n) is 13.7. The lowest BCUT2D eigenvalue weighted by molar-refractivity contribution is -0.117. The van der Waals surface area contributed by atoms with Gasteiger partial charge in [-0.05, 0) is 82.2 Å². The molecule has 37 heavy (non-hydrogen) atoms. The number of carbonyl (C=O) groups excluding carboxylic acids is 1. The average molecular weight is 490 g/mol. The Morgan fingerprint density at radius 1 is 0.649 bits per heavy atom. The summed E-state index contributed by atoms with van der Waals surface area (Å²) in [4.78, 5) is 12.1. The van der Waals surface area contributed by atoms with Crippen molar-refractivity contribution >= 4 is 5.91 Å². The van der Waals surface area contributed by atoms with Crippen LogP contribution in [0.15, 0.2) is 91.0 Å². The molecule has 0 saturated carbocycles. The fraction of sp³-hybridized carbons (Fsp3) is 0.286. The van der Waals surface area contributed by atoms with Crippen LogP contribution in [0.25, 0.3) is 22.3 Å². The zero-order chi connectivity index (χ0) is 26.0. The van der Waals surface area contributed by atoms with Gasteiger partial charge in [0.2, 0.25) is 5.91 Å². The Morgan fingerprint density at radius 3 is 1.73 bits per heavy atom. The van der Waals surface area contributed by atoms with Crippen LogP contribution >= 0.6 is 0 Å². The molecule has 0 spiro atoms. The van der Waals surface area contributed by atoms with Crippen LogP contribution in [0.5, 0.6) is 0 Å². The van der Waals surface area contributed by atoms with Gasteiger partial charge in [-0.3, -0.25) is 4.79 Å². The second-order valence-corrected chi connectivity index (χ2v) is 9.98. The lowest BCUT2D eigenvalue weighted by atomic mass is 9.85. The molecule has 2 N–H and O–H groups in total. The maximum absolute atomic E-state index is 12.1. The number of benzene rings is 4. The van der Waals surface area contributed by atoms with Gasteiger partial charge in [-0.15, -0.1) is 0 Å². The predicted octanol–water partition coefficient (Wildman–Crippen LogP) is 8.32. The number of hydrogen-bond donors (Lipinski definition) is 1. The third kappa shape index (κ3) is 6.77. The molecular formula is C35H39NO. The molecule has 4 aromatic rings. The lowest BCUT2D eigenvalue weighted by Gasteiger charge is -2.20. The van der Waals surface area contributed by atoms with Crippen molar-refractivity contribution in [2.45, 2.75) is 65.2 Å². The molecule has 0 aromatic heterocycles. The van der Waals surface area contributed by atoms with Gasteiger partial charge in [0.1, 0.15) is 0 Å². The van der Waals surface area contributed by atoms with Crippen LogP contribution in [0.4, 0.5) is 0 Å². The summed E-state index contributed by atoms with van der Waals surface area (Å²) in [7, 11) is 0. The molecule has 0 fully saturated rings. The molecule has 0 heterocycles. The average Bonchev–Trinajstić information content (AvgIpc) is 2.92. The Bertz CT molecular complexity index is 1250. The Balaban J connectivity index is 1.87. The van der Waals surface area contributed by atoms with Crippen LogP contribution in [0.1, 0.15) is 67.3 Å². The maximum Gasteiger partial charge on any atom is 0.221 e. The standard InChI is InChI=1S/C35H39NO/c1-3-5-14-29-22-26(23-30(25-35(36)37)31(29)19-6-4-2)24-34-32(27-15-9-7-10-16-27)20-13-21-33(34)28-17-11-8-12-18-28/h7-13,15-18,20-23H,3-6,14,19,24-25H2,1-2H3,(H2,36,37). The summed E-state index contributed by atoms with van der Waals surface area (Å²) in [5, 5.41) is 0. The minimum Gasteiger partial charge on any atom is -0.369 e. The van der Waals surface area contributed by atoms with E-state index < -0.39 is 0 Å². The molecule has 2 heteroatoms. The highest BCUT2D eigenvalue weighted by molar-refractivity contribution is 5.80. The summed E-state index contributed by atoms with van der Waals surface area (Å²) >= 11 is 0. The summed E-state index contributed by atoms with van der Waals surface area (Å²) in [6.07, 6.45) is 7.71. The van der Waals surface area contributed by atoms with Crippen LogP contribution in [0.2, 0.25) is 0 Å². The molecule has 0 bridgehead atoms. The second kappa shape index (κ2) is 13.1. The molecule has 0 aliphatic rings. The molecule has 0 atom stereocenters. The molecule has 0 aliphatic heterocycles. The van der Waals surface area contributed by atoms with E-state index in [1.165, 1.54) is 44.5 Å². The number of carbonyl (C=O) groups is 1. The van der Waals surface area contributed by atoms with Gasteiger partial charge in [0, 0.05) is 0 Å². The van der Waals surface area contributed by atoms with Crippen molar-refractivity contribution in [3.05, 3.63) is 119 Å². The van der Waals surface area contributed by atoms with E-state index in [4.69, 9.17) is 5.73 Å². The smallest absolute Gasteiger partial charge is 0.221 e. The number of nitrogens with two attached hydrogens (primary N) is 1. The minimum absolute atomic E-state index is 0.258. The molecule has 4 rings (SSSR count). The highest BCUT2D eigenvalue weighted by atomic mass is 16.1. The summed E-state index contributed by atoms with van der Waals surface area (Å²) in [5.74, 6) is -0.258. The van der Waals surface area contributed by atoms with Crippen LogP contribution in [-0.2, 0) is 30.5 Å². The van der Waals surface area contributed by atoms with Crippen LogP contribution in [-0.4, -0.2) is 5.91 Å². The number of rotatable bonds is 12. The quantitative estimate of drug-likeness (QED) is 0.214. The number of primary amides is 1. The first-order chi connectivity index (χ1) is 18.1. The van der Waals surface area contributed by atoms with E-state index in [1.54, 1.807) is 0 Å². The van der Waals surface area contributed by atoms with E-state index in [-0.39, 0.29) is 5.91 Å². The topological polar surface area (TPSA) is 43.1 Å². The SMILES string of the molecule is CCCCc1cc(Cc2c(-c3ccccc3)cccc2-c2ccccc2)cc(CC(N)=O)c1CCCC. The van der Waals surface area contributed by atoms with Crippen molar-refractivity contribution in [2.75, 3.05) is 0 Å². The molecule has 0 unspecified atom stereocenters. The van der Waals surface area contributed by atoms with Gasteiger partial charge in [0.15, 0.2) is 0 Å². The molecule has 0 radical (unpaired) electrons. The summed E-state index contributed by atoms with van der Waals surface area (Å²) < 4.78 is 0. The zero-order valence-electron chi connectivity index (χ0n) is 22.3. The highest BCUT2D eigenvalue weighted by Gasteiger charge is 2.17. The van der Waals surface area contributed by atoms with Crippen LogP contribution in [0, 0.1) is 0 Å². The van der Waals surface area contributed by atoms with Gasteiger partial charge in [0.05, 0.1) is 6.42 Å². The van der Waals surface area contributed by atoms with Crippen molar-refractivity contribution in [2.24, 2.45) is 5.73 Å². The fourth-order valence-corrected chi connectivity index (χ4v) is 5.34. The zero-order valence-corrected chi connectivity index (χ0v) is 22.3. The van der Waals surface area contributed by atoms with Crippen LogP contribution < -0.4 is 5.73 Å². The lowest BCUT2D eigenvalue weighted by Crippen LogP contribution is -2.16. The molecule has 2 nitrogen and oxygen atoms in total. The molecule has 4 aromatic carbocycles. The Morgan fingerprint density at radius 2 is 1.19 bits per heavy atom. The van der Waals surface area contributed by atoms with Crippen molar-refractivity contribution in [1.29, 1.82) is 0 Å². The van der Waals surface area contributed by atoms with E-state index in [0.29, 0.717) is 6.42 Å². The second-order valence-electron chi connectivity index (χ2n) is 9.98. The van der Waals surface area contributed by atoms with E-state index in [0.717, 1.165) is 50.5 Å². The normalized spacial score (nSPS) is 11.0. The first-order valence-corrected chi connectivity index (χ1v) is 13.7. The summed E-state index contributed by atoms with van der Waals surface area (Å²) in [6, 6.07) is 32.6. The third-order valence-electron chi connectivity index (χ3n) is 7.17. The van der Waals surface area contributed by atoms with Gasteiger partial charge in [-0.25, -0.2) is 0 Å². The fourth-order valence-electron chi connectivity index (χ4n) is 5.34. The molecule has 0 aliphatic carbocycles. The van der Waals surface area contributed by atoms with Crippen molar-refractivity contribution in [3.8, 4) is 22.3 Å². The van der Waals surface area contributed by atoms with E-state index in [2.05, 4.69) is 105 Å². The van der Waals surface area contributed by atoms with Crippen molar-refractivity contribution in [1.82, 2.24) is 0 Å². The Kier molecular flexibility index (Phi) is 9.32.